The minimum atomic E-state index is -0.964. The first-order valence-corrected chi connectivity index (χ1v) is 5.40. The smallest absolute Gasteiger partial charge is 0.237 e. The molecule has 0 atom stereocenters. The number of amides is 1. The average molecular weight is 260 g/mol. The SMILES string of the molecule is O=C(Nc1cc(Cl)ccc1F)C1(CO)COC1. The average Bonchev–Trinajstić information content (AvgIpc) is 2.23. The van der Waals surface area contributed by atoms with Gasteiger partial charge in [0.2, 0.25) is 5.91 Å². The first-order valence-electron chi connectivity index (χ1n) is 5.02. The van der Waals surface area contributed by atoms with E-state index in [1.807, 2.05) is 0 Å². The summed E-state index contributed by atoms with van der Waals surface area (Å²) in [4.78, 5) is 11.9. The zero-order valence-corrected chi connectivity index (χ0v) is 9.63. The van der Waals surface area contributed by atoms with Crippen LogP contribution in [0.15, 0.2) is 18.2 Å². The second-order valence-electron chi connectivity index (χ2n) is 4.01. The Labute approximate surface area is 102 Å². The predicted molar refractivity (Wildman–Crippen MR) is 60.4 cm³/mol. The van der Waals surface area contributed by atoms with Crippen LogP contribution in [0.3, 0.4) is 0 Å². The Hall–Kier alpha value is -1.17. The fourth-order valence-electron chi connectivity index (χ4n) is 1.49. The van der Waals surface area contributed by atoms with E-state index in [-0.39, 0.29) is 25.5 Å². The maximum atomic E-state index is 13.4. The lowest BCUT2D eigenvalue weighted by Crippen LogP contribution is -2.54. The number of hydrogen-bond acceptors (Lipinski definition) is 3. The van der Waals surface area contributed by atoms with E-state index in [2.05, 4.69) is 5.32 Å². The lowest BCUT2D eigenvalue weighted by atomic mass is 9.86. The molecule has 1 aliphatic rings. The molecule has 6 heteroatoms. The van der Waals surface area contributed by atoms with Crippen molar-refractivity contribution in [1.29, 1.82) is 0 Å². The Bertz CT molecular complexity index is 443. The zero-order chi connectivity index (χ0) is 12.5. The molecule has 1 heterocycles. The summed E-state index contributed by atoms with van der Waals surface area (Å²) in [7, 11) is 0. The molecular weight excluding hydrogens is 249 g/mol. The Balaban J connectivity index is 2.15. The first kappa shape index (κ1) is 12.3. The molecule has 1 aliphatic heterocycles. The van der Waals surface area contributed by atoms with Crippen LogP contribution in [-0.4, -0.2) is 30.8 Å². The van der Waals surface area contributed by atoms with Gasteiger partial charge in [0.05, 0.1) is 25.5 Å². The summed E-state index contributed by atoms with van der Waals surface area (Å²) < 4.78 is 18.3. The molecule has 17 heavy (non-hydrogen) atoms. The fourth-order valence-corrected chi connectivity index (χ4v) is 1.66. The van der Waals surface area contributed by atoms with Gasteiger partial charge in [-0.1, -0.05) is 11.6 Å². The summed E-state index contributed by atoms with van der Waals surface area (Å²) >= 11 is 5.70. The van der Waals surface area contributed by atoms with Crippen LogP contribution in [-0.2, 0) is 9.53 Å². The molecule has 0 aliphatic carbocycles. The molecule has 1 aromatic rings. The van der Waals surface area contributed by atoms with E-state index in [1.165, 1.54) is 18.2 Å². The molecule has 1 amide bonds. The Kier molecular flexibility index (Phi) is 3.33. The van der Waals surface area contributed by atoms with Gasteiger partial charge >= 0.3 is 0 Å². The first-order chi connectivity index (χ1) is 8.07. The van der Waals surface area contributed by atoms with Crippen LogP contribution in [0.4, 0.5) is 10.1 Å². The number of carbonyl (C=O) groups is 1. The van der Waals surface area contributed by atoms with Crippen LogP contribution in [0.25, 0.3) is 0 Å². The molecule has 2 rings (SSSR count). The van der Waals surface area contributed by atoms with Crippen LogP contribution in [0.2, 0.25) is 5.02 Å². The van der Waals surface area contributed by atoms with Gasteiger partial charge in [0.25, 0.3) is 0 Å². The van der Waals surface area contributed by atoms with E-state index >= 15 is 0 Å². The number of carbonyl (C=O) groups excluding carboxylic acids is 1. The molecule has 0 saturated carbocycles. The van der Waals surface area contributed by atoms with E-state index in [4.69, 9.17) is 21.4 Å². The minimum absolute atomic E-state index is 0.00206. The van der Waals surface area contributed by atoms with Gasteiger partial charge in [-0.05, 0) is 18.2 Å². The van der Waals surface area contributed by atoms with E-state index in [1.54, 1.807) is 0 Å². The summed E-state index contributed by atoms with van der Waals surface area (Å²) in [6.07, 6.45) is 0. The predicted octanol–water partition coefficient (Wildman–Crippen LogP) is 1.43. The van der Waals surface area contributed by atoms with Crippen molar-refractivity contribution in [2.24, 2.45) is 5.41 Å². The summed E-state index contributed by atoms with van der Waals surface area (Å²) in [6, 6.07) is 3.88. The number of halogens is 2. The quantitative estimate of drug-likeness (QED) is 0.863. The Morgan fingerprint density at radius 2 is 2.29 bits per heavy atom. The number of hydrogen-bond donors (Lipinski definition) is 2. The van der Waals surface area contributed by atoms with Gasteiger partial charge in [0.1, 0.15) is 11.2 Å². The highest BCUT2D eigenvalue weighted by atomic mass is 35.5. The van der Waals surface area contributed by atoms with Crippen LogP contribution in [0.5, 0.6) is 0 Å². The number of benzene rings is 1. The standard InChI is InChI=1S/C11H11ClFNO3/c12-7-1-2-8(13)9(3-7)14-10(16)11(4-15)5-17-6-11/h1-3,15H,4-6H2,(H,14,16). The van der Waals surface area contributed by atoms with Gasteiger partial charge in [-0.15, -0.1) is 0 Å². The summed E-state index contributed by atoms with van der Waals surface area (Å²) in [5, 5.41) is 11.9. The monoisotopic (exact) mass is 259 g/mol. The maximum Gasteiger partial charge on any atom is 0.237 e. The third-order valence-electron chi connectivity index (χ3n) is 2.72. The maximum absolute atomic E-state index is 13.4. The molecule has 4 nitrogen and oxygen atoms in total. The molecular formula is C11H11ClFNO3. The molecule has 1 saturated heterocycles. The molecule has 1 aromatic carbocycles. The highest BCUT2D eigenvalue weighted by molar-refractivity contribution is 6.30. The third kappa shape index (κ3) is 2.26. The van der Waals surface area contributed by atoms with Crippen molar-refractivity contribution in [2.45, 2.75) is 0 Å². The second kappa shape index (κ2) is 4.60. The van der Waals surface area contributed by atoms with Crippen molar-refractivity contribution in [1.82, 2.24) is 0 Å². The lowest BCUT2D eigenvalue weighted by Gasteiger charge is -2.38. The van der Waals surface area contributed by atoms with Gasteiger partial charge in [0, 0.05) is 5.02 Å². The number of rotatable bonds is 3. The van der Waals surface area contributed by atoms with Crippen molar-refractivity contribution in [3.63, 3.8) is 0 Å². The fraction of sp³-hybridized carbons (Fsp3) is 0.364. The Morgan fingerprint density at radius 1 is 1.59 bits per heavy atom. The van der Waals surface area contributed by atoms with Crippen LogP contribution < -0.4 is 5.32 Å². The van der Waals surface area contributed by atoms with Crippen molar-refractivity contribution >= 4 is 23.2 Å². The normalized spacial score (nSPS) is 17.4. The van der Waals surface area contributed by atoms with Gasteiger partial charge in [-0.2, -0.15) is 0 Å². The zero-order valence-electron chi connectivity index (χ0n) is 8.87. The highest BCUT2D eigenvalue weighted by Gasteiger charge is 2.45. The van der Waals surface area contributed by atoms with Crippen molar-refractivity contribution < 1.29 is 19.0 Å². The van der Waals surface area contributed by atoms with E-state index < -0.39 is 17.1 Å². The molecule has 1 fully saturated rings. The van der Waals surface area contributed by atoms with Gasteiger partial charge in [-0.3, -0.25) is 4.79 Å². The van der Waals surface area contributed by atoms with E-state index in [0.29, 0.717) is 5.02 Å². The van der Waals surface area contributed by atoms with Gasteiger partial charge in [-0.25, -0.2) is 4.39 Å². The van der Waals surface area contributed by atoms with Gasteiger partial charge < -0.3 is 15.2 Å². The molecule has 0 spiro atoms. The molecule has 0 aromatic heterocycles. The minimum Gasteiger partial charge on any atom is -0.395 e. The van der Waals surface area contributed by atoms with E-state index in [0.717, 1.165) is 0 Å². The molecule has 0 unspecified atom stereocenters. The second-order valence-corrected chi connectivity index (χ2v) is 4.45. The van der Waals surface area contributed by atoms with Crippen LogP contribution >= 0.6 is 11.6 Å². The van der Waals surface area contributed by atoms with Gasteiger partial charge in [0.15, 0.2) is 0 Å². The number of ether oxygens (including phenoxy) is 1. The van der Waals surface area contributed by atoms with Crippen molar-refractivity contribution in [3.8, 4) is 0 Å². The Morgan fingerprint density at radius 3 is 2.82 bits per heavy atom. The summed E-state index contributed by atoms with van der Waals surface area (Å²) in [6.45, 7) is -0.0595. The molecule has 92 valence electrons. The largest absolute Gasteiger partial charge is 0.395 e. The number of aliphatic hydroxyl groups excluding tert-OH is 1. The third-order valence-corrected chi connectivity index (χ3v) is 2.95. The van der Waals surface area contributed by atoms with Crippen LogP contribution in [0, 0.1) is 11.2 Å². The lowest BCUT2D eigenvalue weighted by molar-refractivity contribution is -0.164. The highest BCUT2D eigenvalue weighted by Crippen LogP contribution is 2.29. The van der Waals surface area contributed by atoms with Crippen molar-refractivity contribution in [3.05, 3.63) is 29.0 Å². The summed E-state index contributed by atoms with van der Waals surface area (Å²) in [5.41, 5.74) is -0.961. The summed E-state index contributed by atoms with van der Waals surface area (Å²) in [5.74, 6) is -1.04. The van der Waals surface area contributed by atoms with E-state index in [9.17, 15) is 9.18 Å². The number of anilines is 1. The number of nitrogens with one attached hydrogen (secondary N) is 1. The van der Waals surface area contributed by atoms with Crippen LogP contribution in [0.1, 0.15) is 0 Å². The topological polar surface area (TPSA) is 58.6 Å². The molecule has 2 N–H and O–H groups in total. The number of aliphatic hydroxyl groups is 1. The molecule has 0 bridgehead atoms. The van der Waals surface area contributed by atoms with Crippen molar-refractivity contribution in [2.75, 3.05) is 25.1 Å². The molecule has 0 radical (unpaired) electrons.